The van der Waals surface area contributed by atoms with Gasteiger partial charge in [-0.2, -0.15) is 0 Å². The summed E-state index contributed by atoms with van der Waals surface area (Å²) in [6, 6.07) is 15.4. The highest BCUT2D eigenvalue weighted by molar-refractivity contribution is 7.99. The fourth-order valence-electron chi connectivity index (χ4n) is 2.07. The van der Waals surface area contributed by atoms with Crippen molar-refractivity contribution >= 4 is 29.3 Å². The number of hydrogen-bond donors (Lipinski definition) is 0. The van der Waals surface area contributed by atoms with E-state index in [0.29, 0.717) is 13.0 Å². The third-order valence-electron chi connectivity index (χ3n) is 3.40. The third-order valence-corrected chi connectivity index (χ3v) is 4.67. The minimum atomic E-state index is 0.141. The van der Waals surface area contributed by atoms with Crippen LogP contribution in [0.3, 0.4) is 0 Å². The normalized spacial score (nSPS) is 10.4. The molecule has 0 aliphatic rings. The van der Waals surface area contributed by atoms with Gasteiger partial charge in [-0.05, 0) is 42.0 Å². The molecule has 2 rings (SSSR count). The molecule has 0 fully saturated rings. The van der Waals surface area contributed by atoms with Crippen molar-refractivity contribution in [2.24, 2.45) is 0 Å². The lowest BCUT2D eigenvalue weighted by atomic mass is 10.2. The van der Waals surface area contributed by atoms with Gasteiger partial charge < -0.3 is 9.64 Å². The van der Waals surface area contributed by atoms with Crippen molar-refractivity contribution in [3.05, 3.63) is 59.1 Å². The zero-order valence-electron chi connectivity index (χ0n) is 13.3. The number of halogens is 1. The van der Waals surface area contributed by atoms with Crippen LogP contribution in [-0.4, -0.2) is 30.7 Å². The van der Waals surface area contributed by atoms with Crippen LogP contribution in [0.1, 0.15) is 12.0 Å². The second kappa shape index (κ2) is 8.85. The van der Waals surface area contributed by atoms with Gasteiger partial charge in [-0.15, -0.1) is 11.8 Å². The summed E-state index contributed by atoms with van der Waals surface area (Å²) in [7, 11) is 3.47. The standard InChI is InChI=1S/C18H20ClNO2S/c1-20(13-14-3-7-16(22-2)8-4-14)18(21)11-12-23-17-9-5-15(19)6-10-17/h3-10H,11-13H2,1-2H3. The SMILES string of the molecule is COc1ccc(CN(C)C(=O)CCSc2ccc(Cl)cc2)cc1. The zero-order valence-corrected chi connectivity index (χ0v) is 14.9. The molecular formula is C18H20ClNO2S. The lowest BCUT2D eigenvalue weighted by Gasteiger charge is -2.17. The van der Waals surface area contributed by atoms with Crippen LogP contribution in [0.25, 0.3) is 0 Å². The topological polar surface area (TPSA) is 29.5 Å². The number of hydrogen-bond acceptors (Lipinski definition) is 3. The van der Waals surface area contributed by atoms with Crippen LogP contribution in [0.4, 0.5) is 0 Å². The van der Waals surface area contributed by atoms with E-state index in [9.17, 15) is 4.79 Å². The smallest absolute Gasteiger partial charge is 0.223 e. The summed E-state index contributed by atoms with van der Waals surface area (Å²) in [6.45, 7) is 0.606. The molecule has 3 nitrogen and oxygen atoms in total. The minimum absolute atomic E-state index is 0.141. The van der Waals surface area contributed by atoms with Crippen LogP contribution >= 0.6 is 23.4 Å². The van der Waals surface area contributed by atoms with Gasteiger partial charge in [0.2, 0.25) is 5.91 Å². The highest BCUT2D eigenvalue weighted by Gasteiger charge is 2.09. The maximum Gasteiger partial charge on any atom is 0.223 e. The van der Waals surface area contributed by atoms with Crippen LogP contribution in [0.2, 0.25) is 5.02 Å². The summed E-state index contributed by atoms with van der Waals surface area (Å²) < 4.78 is 5.13. The van der Waals surface area contributed by atoms with Gasteiger partial charge in [-0.25, -0.2) is 0 Å². The molecule has 5 heteroatoms. The third kappa shape index (κ3) is 5.81. The number of thioether (sulfide) groups is 1. The summed E-state index contributed by atoms with van der Waals surface area (Å²) in [6.07, 6.45) is 0.514. The first-order valence-electron chi connectivity index (χ1n) is 7.34. The predicted molar refractivity (Wildman–Crippen MR) is 96.3 cm³/mol. The minimum Gasteiger partial charge on any atom is -0.497 e. The second-order valence-corrected chi connectivity index (χ2v) is 6.76. The van der Waals surface area contributed by atoms with E-state index in [0.717, 1.165) is 27.0 Å². The first kappa shape index (κ1) is 17.7. The average molecular weight is 350 g/mol. The highest BCUT2D eigenvalue weighted by atomic mass is 35.5. The van der Waals surface area contributed by atoms with Gasteiger partial charge in [-0.3, -0.25) is 4.79 Å². The molecule has 0 heterocycles. The lowest BCUT2D eigenvalue weighted by Crippen LogP contribution is -2.26. The van der Waals surface area contributed by atoms with Crippen molar-refractivity contribution in [3.8, 4) is 5.75 Å². The molecule has 0 saturated heterocycles. The summed E-state index contributed by atoms with van der Waals surface area (Å²) in [5.74, 6) is 1.72. The van der Waals surface area contributed by atoms with Crippen molar-refractivity contribution in [1.82, 2.24) is 4.90 Å². The molecule has 0 unspecified atom stereocenters. The Labute approximate surface area is 146 Å². The number of benzene rings is 2. The van der Waals surface area contributed by atoms with Gasteiger partial charge in [0.25, 0.3) is 0 Å². The van der Waals surface area contributed by atoms with Crippen molar-refractivity contribution in [1.29, 1.82) is 0 Å². The number of rotatable bonds is 7. The Balaban J connectivity index is 1.76. The molecule has 0 N–H and O–H groups in total. The van der Waals surface area contributed by atoms with Gasteiger partial charge in [-0.1, -0.05) is 23.7 Å². The summed E-state index contributed by atoms with van der Waals surface area (Å²) >= 11 is 7.52. The number of carbonyl (C=O) groups excluding carboxylic acids is 1. The Kier molecular flexibility index (Phi) is 6.81. The second-order valence-electron chi connectivity index (χ2n) is 5.15. The van der Waals surface area contributed by atoms with Crippen LogP contribution in [0, 0.1) is 0 Å². The van der Waals surface area contributed by atoms with Gasteiger partial charge in [0, 0.05) is 35.7 Å². The highest BCUT2D eigenvalue weighted by Crippen LogP contribution is 2.21. The molecule has 0 aromatic heterocycles. The van der Waals surface area contributed by atoms with Gasteiger partial charge in [0.05, 0.1) is 7.11 Å². The van der Waals surface area contributed by atoms with E-state index in [-0.39, 0.29) is 5.91 Å². The van der Waals surface area contributed by atoms with E-state index in [2.05, 4.69) is 0 Å². The van der Waals surface area contributed by atoms with Crippen molar-refractivity contribution in [2.45, 2.75) is 17.9 Å². The first-order valence-corrected chi connectivity index (χ1v) is 8.70. The largest absolute Gasteiger partial charge is 0.497 e. The van der Waals surface area contributed by atoms with Gasteiger partial charge in [0.1, 0.15) is 5.75 Å². The van der Waals surface area contributed by atoms with Crippen molar-refractivity contribution in [2.75, 3.05) is 19.9 Å². The molecular weight excluding hydrogens is 330 g/mol. The number of ether oxygens (including phenoxy) is 1. The molecule has 122 valence electrons. The lowest BCUT2D eigenvalue weighted by molar-refractivity contribution is -0.129. The molecule has 0 radical (unpaired) electrons. The average Bonchev–Trinajstić information content (AvgIpc) is 2.57. The molecule has 0 saturated carbocycles. The fraction of sp³-hybridized carbons (Fsp3) is 0.278. The predicted octanol–water partition coefficient (Wildman–Crippen LogP) is 4.49. The Bertz CT molecular complexity index is 628. The molecule has 0 bridgehead atoms. The monoisotopic (exact) mass is 349 g/mol. The van der Waals surface area contributed by atoms with Crippen LogP contribution in [0.5, 0.6) is 5.75 Å². The van der Waals surface area contributed by atoms with Gasteiger partial charge in [0.15, 0.2) is 0 Å². The van der Waals surface area contributed by atoms with E-state index < -0.39 is 0 Å². The van der Waals surface area contributed by atoms with E-state index in [1.54, 1.807) is 23.8 Å². The van der Waals surface area contributed by atoms with E-state index in [1.165, 1.54) is 0 Å². The molecule has 0 spiro atoms. The van der Waals surface area contributed by atoms with E-state index in [1.807, 2.05) is 55.6 Å². The number of amides is 1. The Morgan fingerprint density at radius 3 is 2.39 bits per heavy atom. The maximum absolute atomic E-state index is 12.2. The van der Waals surface area contributed by atoms with Crippen LogP contribution in [0.15, 0.2) is 53.4 Å². The molecule has 23 heavy (non-hydrogen) atoms. The molecule has 0 aliphatic carbocycles. The van der Waals surface area contributed by atoms with Crippen LogP contribution in [-0.2, 0) is 11.3 Å². The van der Waals surface area contributed by atoms with E-state index >= 15 is 0 Å². The van der Waals surface area contributed by atoms with E-state index in [4.69, 9.17) is 16.3 Å². The molecule has 1 amide bonds. The molecule has 0 aliphatic heterocycles. The number of carbonyl (C=O) groups is 1. The Hall–Kier alpha value is -1.65. The van der Waals surface area contributed by atoms with Crippen LogP contribution < -0.4 is 4.74 Å². The molecule has 0 atom stereocenters. The quantitative estimate of drug-likeness (QED) is 0.690. The zero-order chi connectivity index (χ0) is 16.7. The molecule has 2 aromatic rings. The first-order chi connectivity index (χ1) is 11.1. The maximum atomic E-state index is 12.2. The van der Waals surface area contributed by atoms with Gasteiger partial charge >= 0.3 is 0 Å². The van der Waals surface area contributed by atoms with Crippen molar-refractivity contribution in [3.63, 3.8) is 0 Å². The Morgan fingerprint density at radius 2 is 1.78 bits per heavy atom. The summed E-state index contributed by atoms with van der Waals surface area (Å²) in [5, 5.41) is 0.727. The molecule has 2 aromatic carbocycles. The number of nitrogens with zero attached hydrogens (tertiary/aromatic N) is 1. The summed E-state index contributed by atoms with van der Waals surface area (Å²) in [4.78, 5) is 15.1. The Morgan fingerprint density at radius 1 is 1.13 bits per heavy atom. The fourth-order valence-corrected chi connectivity index (χ4v) is 3.04. The number of methoxy groups -OCH3 is 1. The summed E-state index contributed by atoms with van der Waals surface area (Å²) in [5.41, 5.74) is 1.09. The van der Waals surface area contributed by atoms with Crippen molar-refractivity contribution < 1.29 is 9.53 Å².